The second kappa shape index (κ2) is 7.82. The third kappa shape index (κ3) is 5.06. The van der Waals surface area contributed by atoms with Gasteiger partial charge in [-0.1, -0.05) is 26.7 Å². The van der Waals surface area contributed by atoms with E-state index in [1.807, 2.05) is 0 Å². The third-order valence-electron chi connectivity index (χ3n) is 3.77. The minimum atomic E-state index is -0.177. The van der Waals surface area contributed by atoms with E-state index in [2.05, 4.69) is 29.8 Å². The summed E-state index contributed by atoms with van der Waals surface area (Å²) in [7, 11) is 0. The van der Waals surface area contributed by atoms with Crippen LogP contribution in [0.4, 0.5) is 10.5 Å². The Labute approximate surface area is 131 Å². The van der Waals surface area contributed by atoms with Crippen LogP contribution in [-0.4, -0.2) is 24.5 Å². The molecular weight excluding hydrogens is 278 g/mol. The Bertz CT molecular complexity index is 505. The van der Waals surface area contributed by atoms with Crippen LogP contribution < -0.4 is 16.0 Å². The van der Waals surface area contributed by atoms with Gasteiger partial charge in [0.05, 0.1) is 0 Å². The summed E-state index contributed by atoms with van der Waals surface area (Å²) >= 11 is 0. The number of anilines is 1. The fourth-order valence-electron chi connectivity index (χ4n) is 2.53. The first-order valence-corrected chi connectivity index (χ1v) is 8.00. The van der Waals surface area contributed by atoms with E-state index in [9.17, 15) is 9.59 Å². The molecule has 5 nitrogen and oxygen atoms in total. The van der Waals surface area contributed by atoms with Gasteiger partial charge in [0.15, 0.2) is 0 Å². The van der Waals surface area contributed by atoms with E-state index in [-0.39, 0.29) is 11.9 Å². The Balaban J connectivity index is 1.83. The summed E-state index contributed by atoms with van der Waals surface area (Å²) in [6, 6.07) is 7.06. The molecule has 0 aliphatic heterocycles. The van der Waals surface area contributed by atoms with Crippen molar-refractivity contribution in [2.75, 3.05) is 11.9 Å². The number of carbonyl (C=O) groups is 2. The molecule has 3 N–H and O–H groups in total. The van der Waals surface area contributed by atoms with Crippen molar-refractivity contribution in [2.45, 2.75) is 45.6 Å². The maximum absolute atomic E-state index is 11.9. The number of hydrogen-bond donors (Lipinski definition) is 3. The molecule has 22 heavy (non-hydrogen) atoms. The van der Waals surface area contributed by atoms with Gasteiger partial charge in [0.25, 0.3) is 5.91 Å². The second-order valence-corrected chi connectivity index (χ2v) is 6.26. The standard InChI is InChI=1S/C17H25N3O2/c1-12(2)11-18-16(21)13-7-9-15(10-8-13)20-17(22)19-14-5-3-4-6-14/h7-10,12,14H,3-6,11H2,1-2H3,(H,18,21)(H2,19,20,22). The van der Waals surface area contributed by atoms with E-state index >= 15 is 0 Å². The average molecular weight is 303 g/mol. The van der Waals surface area contributed by atoms with Gasteiger partial charge in [0.1, 0.15) is 0 Å². The van der Waals surface area contributed by atoms with Crippen molar-refractivity contribution < 1.29 is 9.59 Å². The molecule has 0 saturated heterocycles. The Morgan fingerprint density at radius 2 is 1.77 bits per heavy atom. The summed E-state index contributed by atoms with van der Waals surface area (Å²) in [6.45, 7) is 4.76. The summed E-state index contributed by atoms with van der Waals surface area (Å²) in [4.78, 5) is 23.8. The van der Waals surface area contributed by atoms with Crippen LogP contribution in [0, 0.1) is 5.92 Å². The summed E-state index contributed by atoms with van der Waals surface area (Å²) < 4.78 is 0. The number of rotatable bonds is 5. The average Bonchev–Trinajstić information content (AvgIpc) is 2.98. The molecule has 120 valence electrons. The minimum Gasteiger partial charge on any atom is -0.352 e. The Morgan fingerprint density at radius 3 is 2.36 bits per heavy atom. The number of hydrogen-bond acceptors (Lipinski definition) is 2. The van der Waals surface area contributed by atoms with Crippen molar-refractivity contribution in [3.05, 3.63) is 29.8 Å². The molecule has 0 atom stereocenters. The molecule has 0 bridgehead atoms. The van der Waals surface area contributed by atoms with Gasteiger partial charge in [0.2, 0.25) is 0 Å². The predicted molar refractivity (Wildman–Crippen MR) is 88.0 cm³/mol. The van der Waals surface area contributed by atoms with E-state index in [0.29, 0.717) is 29.8 Å². The zero-order valence-electron chi connectivity index (χ0n) is 13.3. The SMILES string of the molecule is CC(C)CNC(=O)c1ccc(NC(=O)NC2CCCC2)cc1. The topological polar surface area (TPSA) is 70.2 Å². The zero-order valence-corrected chi connectivity index (χ0v) is 13.3. The monoisotopic (exact) mass is 303 g/mol. The number of carbonyl (C=O) groups excluding carboxylic acids is 2. The van der Waals surface area contributed by atoms with Gasteiger partial charge < -0.3 is 16.0 Å². The van der Waals surface area contributed by atoms with E-state index in [1.165, 1.54) is 12.8 Å². The fraction of sp³-hybridized carbons (Fsp3) is 0.529. The van der Waals surface area contributed by atoms with E-state index in [0.717, 1.165) is 12.8 Å². The number of nitrogens with one attached hydrogen (secondary N) is 3. The maximum Gasteiger partial charge on any atom is 0.319 e. The van der Waals surface area contributed by atoms with Gasteiger partial charge >= 0.3 is 6.03 Å². The predicted octanol–water partition coefficient (Wildman–Crippen LogP) is 3.14. The van der Waals surface area contributed by atoms with Crippen molar-refractivity contribution in [1.29, 1.82) is 0 Å². The molecule has 2 rings (SSSR count). The van der Waals surface area contributed by atoms with Crippen LogP contribution in [-0.2, 0) is 0 Å². The fourth-order valence-corrected chi connectivity index (χ4v) is 2.53. The van der Waals surface area contributed by atoms with Crippen molar-refractivity contribution in [3.8, 4) is 0 Å². The molecule has 0 spiro atoms. The molecule has 3 amide bonds. The molecular formula is C17H25N3O2. The number of urea groups is 1. The van der Waals surface area contributed by atoms with Crippen molar-refractivity contribution >= 4 is 17.6 Å². The highest BCUT2D eigenvalue weighted by atomic mass is 16.2. The van der Waals surface area contributed by atoms with Crippen LogP contribution in [0.1, 0.15) is 49.9 Å². The second-order valence-electron chi connectivity index (χ2n) is 6.26. The van der Waals surface area contributed by atoms with E-state index in [4.69, 9.17) is 0 Å². The van der Waals surface area contributed by atoms with E-state index < -0.39 is 0 Å². The Morgan fingerprint density at radius 1 is 1.14 bits per heavy atom. The van der Waals surface area contributed by atoms with Crippen LogP contribution in [0.5, 0.6) is 0 Å². The van der Waals surface area contributed by atoms with Crippen LogP contribution >= 0.6 is 0 Å². The smallest absolute Gasteiger partial charge is 0.319 e. The molecule has 1 aliphatic rings. The first-order chi connectivity index (χ1) is 10.5. The van der Waals surface area contributed by atoms with Crippen molar-refractivity contribution in [1.82, 2.24) is 10.6 Å². The quantitative estimate of drug-likeness (QED) is 0.782. The van der Waals surface area contributed by atoms with E-state index in [1.54, 1.807) is 24.3 Å². The van der Waals surface area contributed by atoms with Gasteiger partial charge in [-0.3, -0.25) is 4.79 Å². The molecule has 1 saturated carbocycles. The molecule has 0 aromatic heterocycles. The third-order valence-corrected chi connectivity index (χ3v) is 3.77. The van der Waals surface area contributed by atoms with Crippen molar-refractivity contribution in [3.63, 3.8) is 0 Å². The highest BCUT2D eigenvalue weighted by Crippen LogP contribution is 2.18. The first-order valence-electron chi connectivity index (χ1n) is 8.00. The van der Waals surface area contributed by atoms with Gasteiger partial charge in [0, 0.05) is 23.8 Å². The van der Waals surface area contributed by atoms with Crippen LogP contribution in [0.15, 0.2) is 24.3 Å². The van der Waals surface area contributed by atoms with Gasteiger partial charge in [-0.2, -0.15) is 0 Å². The molecule has 1 aliphatic carbocycles. The summed E-state index contributed by atoms with van der Waals surface area (Å²) in [5.74, 6) is 0.333. The lowest BCUT2D eigenvalue weighted by atomic mass is 10.1. The van der Waals surface area contributed by atoms with Crippen LogP contribution in [0.25, 0.3) is 0 Å². The summed E-state index contributed by atoms with van der Waals surface area (Å²) in [6.07, 6.45) is 4.49. The molecule has 1 aromatic rings. The lowest BCUT2D eigenvalue weighted by molar-refractivity contribution is 0.0949. The highest BCUT2D eigenvalue weighted by molar-refractivity contribution is 5.95. The van der Waals surface area contributed by atoms with Gasteiger partial charge in [-0.15, -0.1) is 0 Å². The molecule has 0 heterocycles. The lowest BCUT2D eigenvalue weighted by Crippen LogP contribution is -2.36. The highest BCUT2D eigenvalue weighted by Gasteiger charge is 2.17. The van der Waals surface area contributed by atoms with Crippen LogP contribution in [0.3, 0.4) is 0 Å². The van der Waals surface area contributed by atoms with Gasteiger partial charge in [-0.05, 0) is 43.0 Å². The first kappa shape index (κ1) is 16.3. The Kier molecular flexibility index (Phi) is 5.81. The number of benzene rings is 1. The molecule has 1 aromatic carbocycles. The maximum atomic E-state index is 11.9. The molecule has 0 radical (unpaired) electrons. The van der Waals surface area contributed by atoms with Crippen molar-refractivity contribution in [2.24, 2.45) is 5.92 Å². The molecule has 5 heteroatoms. The van der Waals surface area contributed by atoms with Crippen LogP contribution in [0.2, 0.25) is 0 Å². The summed E-state index contributed by atoms with van der Waals surface area (Å²) in [5, 5.41) is 8.64. The largest absolute Gasteiger partial charge is 0.352 e. The van der Waals surface area contributed by atoms with Gasteiger partial charge in [-0.25, -0.2) is 4.79 Å². The summed E-state index contributed by atoms with van der Waals surface area (Å²) in [5.41, 5.74) is 1.29. The normalized spacial score (nSPS) is 14.9. The Hall–Kier alpha value is -2.04. The lowest BCUT2D eigenvalue weighted by Gasteiger charge is -2.13. The molecule has 0 unspecified atom stereocenters. The zero-order chi connectivity index (χ0) is 15.9. The molecule has 1 fully saturated rings. The minimum absolute atomic E-state index is 0.0874. The number of amides is 3.